The second kappa shape index (κ2) is 7.02. The van der Waals surface area contributed by atoms with Crippen LogP contribution in [-0.2, 0) is 13.6 Å². The van der Waals surface area contributed by atoms with Crippen LogP contribution < -0.4 is 5.32 Å². The smallest absolute Gasteiger partial charge is 0.317 e. The molecule has 1 N–H and O–H groups in total. The lowest BCUT2D eigenvalue weighted by Crippen LogP contribution is -2.16. The molecule has 1 aromatic carbocycles. The summed E-state index contributed by atoms with van der Waals surface area (Å²) in [4.78, 5) is 23.0. The Bertz CT molecular complexity index is 1030. The molecule has 27 heavy (non-hydrogen) atoms. The highest BCUT2D eigenvalue weighted by Gasteiger charge is 2.26. The van der Waals surface area contributed by atoms with Gasteiger partial charge in [0.2, 0.25) is 5.69 Å². The molecule has 1 amide bonds. The lowest BCUT2D eigenvalue weighted by atomic mass is 10.1. The average Bonchev–Trinajstić information content (AvgIpc) is 3.12. The van der Waals surface area contributed by atoms with Gasteiger partial charge in [-0.3, -0.25) is 24.3 Å². The fourth-order valence-corrected chi connectivity index (χ4v) is 2.92. The fourth-order valence-electron chi connectivity index (χ4n) is 2.92. The Morgan fingerprint density at radius 2 is 1.93 bits per heavy atom. The Kier molecular flexibility index (Phi) is 4.76. The van der Waals surface area contributed by atoms with Crippen LogP contribution in [0.25, 0.3) is 0 Å². The van der Waals surface area contributed by atoms with Gasteiger partial charge < -0.3 is 5.32 Å². The van der Waals surface area contributed by atoms with Gasteiger partial charge in [0.15, 0.2) is 0 Å². The normalized spacial score (nSPS) is 10.8. The molecule has 0 fully saturated rings. The molecule has 0 aliphatic carbocycles. The van der Waals surface area contributed by atoms with E-state index in [0.29, 0.717) is 17.9 Å². The zero-order chi connectivity index (χ0) is 19.7. The first-order valence-electron chi connectivity index (χ1n) is 8.35. The predicted molar refractivity (Wildman–Crippen MR) is 99.8 cm³/mol. The fraction of sp³-hybridized carbons (Fsp3) is 0.278. The summed E-state index contributed by atoms with van der Waals surface area (Å²) in [6.07, 6.45) is 1.20. The number of aryl methyl sites for hydroxylation is 3. The van der Waals surface area contributed by atoms with Crippen LogP contribution in [0.4, 0.5) is 11.4 Å². The third-order valence-corrected chi connectivity index (χ3v) is 4.42. The number of anilines is 1. The van der Waals surface area contributed by atoms with Crippen LogP contribution in [0, 0.1) is 30.9 Å². The first-order valence-corrected chi connectivity index (χ1v) is 8.35. The molecule has 9 nitrogen and oxygen atoms in total. The Balaban J connectivity index is 1.88. The summed E-state index contributed by atoms with van der Waals surface area (Å²) in [6, 6.07) is 8.01. The lowest BCUT2D eigenvalue weighted by molar-refractivity contribution is -0.385. The summed E-state index contributed by atoms with van der Waals surface area (Å²) in [5.41, 5.74) is 3.65. The second-order valence-electron chi connectivity index (χ2n) is 6.38. The SMILES string of the molecule is Cc1ccccc1Cn1nc(C)c(NC(=O)c2nn(C)cc2[N+](=O)[O-])c1C. The van der Waals surface area contributed by atoms with Crippen molar-refractivity contribution >= 4 is 17.3 Å². The molecule has 0 bridgehead atoms. The van der Waals surface area contributed by atoms with Crippen molar-refractivity contribution < 1.29 is 9.72 Å². The first kappa shape index (κ1) is 18.3. The molecule has 3 aromatic rings. The summed E-state index contributed by atoms with van der Waals surface area (Å²) < 4.78 is 3.05. The summed E-state index contributed by atoms with van der Waals surface area (Å²) in [5.74, 6) is -0.635. The molecule has 0 aliphatic heterocycles. The van der Waals surface area contributed by atoms with E-state index >= 15 is 0 Å². The number of carbonyl (C=O) groups is 1. The van der Waals surface area contributed by atoms with Crippen LogP contribution in [0.2, 0.25) is 0 Å². The van der Waals surface area contributed by atoms with Gasteiger partial charge in [0.05, 0.1) is 28.5 Å². The molecule has 9 heteroatoms. The van der Waals surface area contributed by atoms with Crippen LogP contribution in [0.1, 0.15) is 33.0 Å². The van der Waals surface area contributed by atoms with E-state index in [0.717, 1.165) is 16.8 Å². The molecule has 0 saturated heterocycles. The number of nitro groups is 1. The van der Waals surface area contributed by atoms with Gasteiger partial charge in [0, 0.05) is 7.05 Å². The van der Waals surface area contributed by atoms with Crippen LogP contribution in [-0.4, -0.2) is 30.4 Å². The van der Waals surface area contributed by atoms with E-state index in [1.165, 1.54) is 17.9 Å². The number of amides is 1. The van der Waals surface area contributed by atoms with Gasteiger partial charge in [-0.05, 0) is 31.9 Å². The topological polar surface area (TPSA) is 108 Å². The number of aromatic nitrogens is 4. The Labute approximate surface area is 155 Å². The molecule has 2 aromatic heterocycles. The van der Waals surface area contributed by atoms with Crippen molar-refractivity contribution in [3.63, 3.8) is 0 Å². The molecule has 0 aliphatic rings. The van der Waals surface area contributed by atoms with Crippen molar-refractivity contribution in [3.05, 3.63) is 68.8 Å². The van der Waals surface area contributed by atoms with E-state index in [1.54, 1.807) is 11.6 Å². The Morgan fingerprint density at radius 3 is 2.59 bits per heavy atom. The maximum Gasteiger partial charge on any atom is 0.320 e. The Hall–Kier alpha value is -3.49. The summed E-state index contributed by atoms with van der Waals surface area (Å²) in [6.45, 7) is 6.23. The maximum atomic E-state index is 12.6. The summed E-state index contributed by atoms with van der Waals surface area (Å²) >= 11 is 0. The van der Waals surface area contributed by atoms with Gasteiger partial charge in [-0.25, -0.2) is 0 Å². The highest BCUT2D eigenvalue weighted by atomic mass is 16.6. The average molecular weight is 368 g/mol. The quantitative estimate of drug-likeness (QED) is 0.550. The molecule has 0 atom stereocenters. The van der Waals surface area contributed by atoms with E-state index in [1.807, 2.05) is 38.1 Å². The highest BCUT2D eigenvalue weighted by Crippen LogP contribution is 2.23. The van der Waals surface area contributed by atoms with Crippen molar-refractivity contribution in [2.75, 3.05) is 5.32 Å². The Morgan fingerprint density at radius 1 is 1.22 bits per heavy atom. The molecule has 0 unspecified atom stereocenters. The number of carbonyl (C=O) groups excluding carboxylic acids is 1. The number of benzene rings is 1. The standard InChI is InChI=1S/C18H20N6O3/c1-11-7-5-6-8-14(11)9-23-13(3)16(12(2)20-23)19-18(25)17-15(24(26)27)10-22(4)21-17/h5-8,10H,9H2,1-4H3,(H,19,25). The van der Waals surface area contributed by atoms with Crippen LogP contribution in [0.15, 0.2) is 30.5 Å². The molecule has 0 saturated carbocycles. The minimum atomic E-state index is -0.635. The molecule has 2 heterocycles. The molecule has 0 spiro atoms. The van der Waals surface area contributed by atoms with Crippen molar-refractivity contribution in [1.82, 2.24) is 19.6 Å². The minimum Gasteiger partial charge on any atom is -0.317 e. The van der Waals surface area contributed by atoms with Gasteiger partial charge >= 0.3 is 5.69 Å². The van der Waals surface area contributed by atoms with Gasteiger partial charge in [-0.2, -0.15) is 10.2 Å². The molecule has 3 rings (SSSR count). The number of nitrogens with one attached hydrogen (secondary N) is 1. The van der Waals surface area contributed by atoms with E-state index in [2.05, 4.69) is 15.5 Å². The number of rotatable bonds is 5. The van der Waals surface area contributed by atoms with Gasteiger partial charge in [0.1, 0.15) is 6.20 Å². The van der Waals surface area contributed by atoms with Crippen LogP contribution in [0.3, 0.4) is 0 Å². The maximum absolute atomic E-state index is 12.6. The molecular weight excluding hydrogens is 348 g/mol. The van der Waals surface area contributed by atoms with Crippen LogP contribution >= 0.6 is 0 Å². The second-order valence-corrected chi connectivity index (χ2v) is 6.38. The lowest BCUT2D eigenvalue weighted by Gasteiger charge is -2.08. The first-order chi connectivity index (χ1) is 12.8. The summed E-state index contributed by atoms with van der Waals surface area (Å²) in [5, 5.41) is 22.3. The zero-order valence-electron chi connectivity index (χ0n) is 15.6. The van der Waals surface area contributed by atoms with Gasteiger partial charge in [-0.1, -0.05) is 24.3 Å². The minimum absolute atomic E-state index is 0.229. The number of hydrogen-bond acceptors (Lipinski definition) is 5. The molecule has 0 radical (unpaired) electrons. The van der Waals surface area contributed by atoms with Crippen molar-refractivity contribution in [1.29, 1.82) is 0 Å². The van der Waals surface area contributed by atoms with Gasteiger partial charge in [0.25, 0.3) is 5.91 Å². The molecule has 140 valence electrons. The van der Waals surface area contributed by atoms with Crippen molar-refractivity contribution in [2.24, 2.45) is 7.05 Å². The molecular formula is C18H20N6O3. The van der Waals surface area contributed by atoms with E-state index in [4.69, 9.17) is 0 Å². The van der Waals surface area contributed by atoms with Crippen molar-refractivity contribution in [3.8, 4) is 0 Å². The predicted octanol–water partition coefficient (Wildman–Crippen LogP) is 2.75. The largest absolute Gasteiger partial charge is 0.320 e. The van der Waals surface area contributed by atoms with E-state index < -0.39 is 10.8 Å². The summed E-state index contributed by atoms with van der Waals surface area (Å²) in [7, 11) is 1.53. The van der Waals surface area contributed by atoms with E-state index in [9.17, 15) is 14.9 Å². The van der Waals surface area contributed by atoms with Crippen LogP contribution in [0.5, 0.6) is 0 Å². The third kappa shape index (κ3) is 3.57. The highest BCUT2D eigenvalue weighted by molar-refractivity contribution is 6.06. The van der Waals surface area contributed by atoms with Gasteiger partial charge in [-0.15, -0.1) is 0 Å². The van der Waals surface area contributed by atoms with Crippen molar-refractivity contribution in [2.45, 2.75) is 27.3 Å². The zero-order valence-corrected chi connectivity index (χ0v) is 15.6. The van der Waals surface area contributed by atoms with E-state index in [-0.39, 0.29) is 11.4 Å². The monoisotopic (exact) mass is 368 g/mol. The third-order valence-electron chi connectivity index (χ3n) is 4.42. The number of nitrogens with zero attached hydrogens (tertiary/aromatic N) is 5. The number of hydrogen-bond donors (Lipinski definition) is 1.